The predicted octanol–water partition coefficient (Wildman–Crippen LogP) is 9.43. The maximum Gasteiger partial charge on any atom is 0.326 e. The number of rotatable bonds is 4. The Kier molecular flexibility index (Phi) is 5.88. The van der Waals surface area contributed by atoms with Gasteiger partial charge in [-0.1, -0.05) is 105 Å². The van der Waals surface area contributed by atoms with E-state index in [0.717, 1.165) is 35.2 Å². The average Bonchev–Trinajstić information content (AvgIpc) is 2.95. The monoisotopic (exact) mass is 500 g/mol. The van der Waals surface area contributed by atoms with Gasteiger partial charge < -0.3 is 9.05 Å². The Morgan fingerprint density at radius 1 is 0.806 bits per heavy atom. The molecule has 36 heavy (non-hydrogen) atoms. The van der Waals surface area contributed by atoms with E-state index in [9.17, 15) is 0 Å². The molecule has 190 valence electrons. The standard InChI is InChI=1S/C33H41O2P/c1-30(2,3)20-31(4,5)26-18-24-25(33(8,9)21-32(24,6)7)19-28(26)35-36-29-17-13-11-15-23(29)22-14-10-12-16-27(22)34-36/h10-19H,20-21H2,1-9H3. The molecule has 0 saturated carbocycles. The third-order valence-electron chi connectivity index (χ3n) is 7.80. The van der Waals surface area contributed by atoms with E-state index in [0.29, 0.717) is 0 Å². The number of benzene rings is 3. The van der Waals surface area contributed by atoms with Crippen molar-refractivity contribution in [2.75, 3.05) is 0 Å². The molecule has 2 aliphatic rings. The van der Waals surface area contributed by atoms with Crippen LogP contribution >= 0.6 is 8.38 Å². The van der Waals surface area contributed by atoms with Crippen LogP contribution < -0.4 is 14.4 Å². The first-order chi connectivity index (χ1) is 16.7. The lowest BCUT2D eigenvalue weighted by Crippen LogP contribution is -2.27. The molecule has 1 atom stereocenters. The number of hydrogen-bond acceptors (Lipinski definition) is 2. The summed E-state index contributed by atoms with van der Waals surface area (Å²) in [6.07, 6.45) is 2.20. The first kappa shape index (κ1) is 25.3. The molecule has 0 N–H and O–H groups in total. The fourth-order valence-electron chi connectivity index (χ4n) is 6.95. The first-order valence-electron chi connectivity index (χ1n) is 13.2. The minimum Gasteiger partial charge on any atom is -0.435 e. The highest BCUT2D eigenvalue weighted by atomic mass is 31.2. The van der Waals surface area contributed by atoms with Crippen LogP contribution in [0.15, 0.2) is 60.7 Å². The van der Waals surface area contributed by atoms with Gasteiger partial charge in [0.15, 0.2) is 0 Å². The minimum atomic E-state index is -1.31. The molecule has 1 aliphatic carbocycles. The lowest BCUT2D eigenvalue weighted by molar-refractivity contribution is 0.281. The molecule has 0 amide bonds. The summed E-state index contributed by atoms with van der Waals surface area (Å²) in [5.41, 5.74) is 6.93. The van der Waals surface area contributed by atoms with Gasteiger partial charge in [0.05, 0.1) is 5.30 Å². The maximum absolute atomic E-state index is 7.00. The van der Waals surface area contributed by atoms with Crippen molar-refractivity contribution in [3.05, 3.63) is 77.4 Å². The highest BCUT2D eigenvalue weighted by molar-refractivity contribution is 7.57. The fraction of sp³-hybridized carbons (Fsp3) is 0.455. The van der Waals surface area contributed by atoms with Gasteiger partial charge in [0.25, 0.3) is 0 Å². The predicted molar refractivity (Wildman–Crippen MR) is 154 cm³/mol. The Balaban J connectivity index is 1.65. The lowest BCUT2D eigenvalue weighted by atomic mass is 9.71. The van der Waals surface area contributed by atoms with E-state index in [1.54, 1.807) is 0 Å². The molecule has 1 unspecified atom stereocenters. The van der Waals surface area contributed by atoms with Crippen molar-refractivity contribution >= 4 is 13.7 Å². The van der Waals surface area contributed by atoms with E-state index in [1.807, 2.05) is 6.07 Å². The second-order valence-corrected chi connectivity index (χ2v) is 15.3. The summed E-state index contributed by atoms with van der Waals surface area (Å²) in [6, 6.07) is 21.7. The molecule has 0 fully saturated rings. The van der Waals surface area contributed by atoms with Gasteiger partial charge in [0.1, 0.15) is 11.5 Å². The van der Waals surface area contributed by atoms with E-state index in [1.165, 1.54) is 22.3 Å². The van der Waals surface area contributed by atoms with Gasteiger partial charge in [-0.2, -0.15) is 0 Å². The number of para-hydroxylation sites is 1. The summed E-state index contributed by atoms with van der Waals surface area (Å²) in [5.74, 6) is 1.88. The van der Waals surface area contributed by atoms with Crippen molar-refractivity contribution in [2.24, 2.45) is 5.41 Å². The highest BCUT2D eigenvalue weighted by Crippen LogP contribution is 2.56. The Labute approximate surface area is 219 Å². The second-order valence-electron chi connectivity index (χ2n) is 13.9. The second kappa shape index (κ2) is 8.35. The first-order valence-corrected chi connectivity index (χ1v) is 14.4. The third kappa shape index (κ3) is 4.47. The van der Waals surface area contributed by atoms with Crippen molar-refractivity contribution in [1.82, 2.24) is 0 Å². The highest BCUT2D eigenvalue weighted by Gasteiger charge is 2.44. The van der Waals surface area contributed by atoms with E-state index in [4.69, 9.17) is 9.05 Å². The molecular formula is C33H41O2P. The van der Waals surface area contributed by atoms with Gasteiger partial charge in [-0.3, -0.25) is 0 Å². The van der Waals surface area contributed by atoms with Crippen LogP contribution in [0.4, 0.5) is 0 Å². The van der Waals surface area contributed by atoms with Crippen LogP contribution in [0.25, 0.3) is 11.1 Å². The quantitative estimate of drug-likeness (QED) is 0.332. The van der Waals surface area contributed by atoms with Crippen molar-refractivity contribution in [3.8, 4) is 22.6 Å². The van der Waals surface area contributed by atoms with Crippen molar-refractivity contribution in [2.45, 2.75) is 91.4 Å². The number of fused-ring (bicyclic) bond motifs is 4. The maximum atomic E-state index is 7.00. The fourth-order valence-corrected chi connectivity index (χ4v) is 8.45. The summed E-state index contributed by atoms with van der Waals surface area (Å²) in [4.78, 5) is 0. The van der Waals surface area contributed by atoms with Crippen LogP contribution in [0.2, 0.25) is 0 Å². The molecule has 0 saturated heterocycles. The van der Waals surface area contributed by atoms with Gasteiger partial charge in [-0.15, -0.1) is 0 Å². The van der Waals surface area contributed by atoms with E-state index >= 15 is 0 Å². The SMILES string of the molecule is CC(C)(C)CC(C)(C)c1cc2c(cc1OP1Oc3ccccc3-c3ccccc31)C(C)(C)CC2(C)C. The van der Waals surface area contributed by atoms with Gasteiger partial charge in [-0.05, 0) is 69.4 Å². The molecule has 1 aliphatic heterocycles. The molecular weight excluding hydrogens is 459 g/mol. The smallest absolute Gasteiger partial charge is 0.326 e. The van der Waals surface area contributed by atoms with Crippen LogP contribution in [-0.4, -0.2) is 0 Å². The molecule has 2 nitrogen and oxygen atoms in total. The Morgan fingerprint density at radius 3 is 2.06 bits per heavy atom. The summed E-state index contributed by atoms with van der Waals surface area (Å²) in [6.45, 7) is 21.3. The largest absolute Gasteiger partial charge is 0.435 e. The molecule has 0 aromatic heterocycles. The van der Waals surface area contributed by atoms with Gasteiger partial charge in [0.2, 0.25) is 0 Å². The Bertz CT molecular complexity index is 1310. The number of hydrogen-bond donors (Lipinski definition) is 0. The molecule has 1 heterocycles. The van der Waals surface area contributed by atoms with Crippen molar-refractivity contribution in [3.63, 3.8) is 0 Å². The van der Waals surface area contributed by atoms with Crippen molar-refractivity contribution < 1.29 is 9.05 Å². The molecule has 3 aromatic rings. The summed E-state index contributed by atoms with van der Waals surface area (Å²) in [7, 11) is -1.31. The van der Waals surface area contributed by atoms with Crippen LogP contribution in [0.3, 0.4) is 0 Å². The van der Waals surface area contributed by atoms with E-state index in [2.05, 4.69) is 117 Å². The molecule has 3 aromatic carbocycles. The average molecular weight is 501 g/mol. The van der Waals surface area contributed by atoms with Gasteiger partial charge >= 0.3 is 8.38 Å². The summed E-state index contributed by atoms with van der Waals surface area (Å²) < 4.78 is 13.6. The topological polar surface area (TPSA) is 18.5 Å². The van der Waals surface area contributed by atoms with E-state index < -0.39 is 8.38 Å². The van der Waals surface area contributed by atoms with Gasteiger partial charge in [-0.25, -0.2) is 0 Å². The third-order valence-corrected chi connectivity index (χ3v) is 9.31. The normalized spacial score (nSPS) is 19.6. The van der Waals surface area contributed by atoms with Gasteiger partial charge in [0, 0.05) is 11.1 Å². The molecule has 0 bridgehead atoms. The zero-order chi connectivity index (χ0) is 26.1. The molecule has 3 heteroatoms. The van der Waals surface area contributed by atoms with Crippen LogP contribution in [0.5, 0.6) is 11.5 Å². The summed E-state index contributed by atoms with van der Waals surface area (Å²) in [5, 5.41) is 1.14. The lowest BCUT2D eigenvalue weighted by Gasteiger charge is -2.36. The van der Waals surface area contributed by atoms with Crippen LogP contribution in [-0.2, 0) is 16.2 Å². The van der Waals surface area contributed by atoms with Crippen LogP contribution in [0.1, 0.15) is 91.8 Å². The molecule has 0 radical (unpaired) electrons. The van der Waals surface area contributed by atoms with Crippen LogP contribution in [0, 0.1) is 5.41 Å². The summed E-state index contributed by atoms with van der Waals surface area (Å²) >= 11 is 0. The zero-order valence-electron chi connectivity index (χ0n) is 23.5. The van der Waals surface area contributed by atoms with E-state index in [-0.39, 0.29) is 21.7 Å². The zero-order valence-corrected chi connectivity index (χ0v) is 24.3. The minimum absolute atomic E-state index is 0.0476. The Hall–Kier alpha value is -2.31. The Morgan fingerprint density at radius 2 is 1.39 bits per heavy atom. The molecule has 0 spiro atoms. The van der Waals surface area contributed by atoms with Crippen molar-refractivity contribution in [1.29, 1.82) is 0 Å². The molecule has 5 rings (SSSR count).